The first-order chi connectivity index (χ1) is 11.6. The van der Waals surface area contributed by atoms with Crippen LogP contribution in [0.15, 0.2) is 29.3 Å². The van der Waals surface area contributed by atoms with Gasteiger partial charge in [-0.25, -0.2) is 4.98 Å². The van der Waals surface area contributed by atoms with E-state index in [-0.39, 0.29) is 17.5 Å². The van der Waals surface area contributed by atoms with Crippen LogP contribution in [-0.2, 0) is 0 Å². The lowest BCUT2D eigenvalue weighted by molar-refractivity contribution is 0.0620. The average Bonchev–Trinajstić information content (AvgIpc) is 3.02. The Hall–Kier alpha value is -1.70. The molecule has 6 nitrogen and oxygen atoms in total. The van der Waals surface area contributed by atoms with E-state index < -0.39 is 0 Å². The van der Waals surface area contributed by atoms with Crippen LogP contribution in [0.1, 0.15) is 23.2 Å². The Morgan fingerprint density at radius 1 is 1.33 bits per heavy atom. The van der Waals surface area contributed by atoms with E-state index in [1.165, 1.54) is 34.4 Å². The zero-order valence-electron chi connectivity index (χ0n) is 12.9. The van der Waals surface area contributed by atoms with E-state index in [9.17, 15) is 9.59 Å². The van der Waals surface area contributed by atoms with Gasteiger partial charge in [0.1, 0.15) is 4.34 Å². The topological polar surface area (TPSA) is 67.2 Å². The van der Waals surface area contributed by atoms with Crippen molar-refractivity contribution in [3.05, 3.63) is 44.8 Å². The second-order valence-electron chi connectivity index (χ2n) is 6.29. The monoisotopic (exact) mass is 364 g/mol. The summed E-state index contributed by atoms with van der Waals surface area (Å²) in [6.07, 6.45) is 5.31. The molecule has 126 valence electrons. The molecule has 24 heavy (non-hydrogen) atoms. The number of fused-ring (bicyclic) bond motifs is 3. The first kappa shape index (κ1) is 15.8. The van der Waals surface area contributed by atoms with Gasteiger partial charge in [-0.2, -0.15) is 0 Å². The molecule has 0 saturated carbocycles. The largest absolute Gasteiger partial charge is 0.348 e. The van der Waals surface area contributed by atoms with Gasteiger partial charge in [0.25, 0.3) is 11.5 Å². The molecule has 1 N–H and O–H groups in total. The summed E-state index contributed by atoms with van der Waals surface area (Å²) >= 11 is 7.09. The second-order valence-corrected chi connectivity index (χ2v) is 7.93. The summed E-state index contributed by atoms with van der Waals surface area (Å²) in [6, 6.07) is 3.14. The molecule has 2 bridgehead atoms. The molecule has 3 saturated heterocycles. The molecule has 3 aliphatic heterocycles. The van der Waals surface area contributed by atoms with Gasteiger partial charge in [-0.3, -0.25) is 14.2 Å². The Morgan fingerprint density at radius 3 is 2.75 bits per heavy atom. The minimum atomic E-state index is -0.236. The minimum absolute atomic E-state index is 0.148. The lowest BCUT2D eigenvalue weighted by Crippen LogP contribution is -2.57. The zero-order valence-corrected chi connectivity index (χ0v) is 14.5. The smallest absolute Gasteiger partial charge is 0.256 e. The summed E-state index contributed by atoms with van der Waals surface area (Å²) in [5, 5.41) is 3.59. The van der Waals surface area contributed by atoms with Gasteiger partial charge in [-0.15, -0.1) is 0 Å². The minimum Gasteiger partial charge on any atom is -0.348 e. The number of pyridine rings is 1. The molecule has 1 atom stereocenters. The Morgan fingerprint density at radius 2 is 2.12 bits per heavy atom. The van der Waals surface area contributed by atoms with Crippen LogP contribution in [0.4, 0.5) is 0 Å². The van der Waals surface area contributed by atoms with Gasteiger partial charge in [0.2, 0.25) is 0 Å². The quantitative estimate of drug-likeness (QED) is 0.901. The third kappa shape index (κ3) is 2.99. The molecule has 8 heteroatoms. The van der Waals surface area contributed by atoms with Crippen molar-refractivity contribution >= 4 is 28.8 Å². The van der Waals surface area contributed by atoms with Crippen molar-refractivity contribution in [1.29, 1.82) is 0 Å². The molecule has 0 radical (unpaired) electrons. The third-order valence-corrected chi connectivity index (χ3v) is 5.93. The van der Waals surface area contributed by atoms with Crippen molar-refractivity contribution < 1.29 is 4.79 Å². The average molecular weight is 365 g/mol. The molecule has 0 unspecified atom stereocenters. The van der Waals surface area contributed by atoms with Crippen molar-refractivity contribution in [2.24, 2.45) is 5.92 Å². The molecule has 5 rings (SSSR count). The number of nitrogens with zero attached hydrogens (tertiary/aromatic N) is 3. The number of amides is 1. The molecular formula is C16H17ClN4O2S. The van der Waals surface area contributed by atoms with Crippen molar-refractivity contribution in [1.82, 2.24) is 19.8 Å². The number of aromatic nitrogens is 2. The molecule has 2 aromatic heterocycles. The summed E-state index contributed by atoms with van der Waals surface area (Å²) in [5.41, 5.74) is 0.220. The first-order valence-electron chi connectivity index (χ1n) is 7.98. The highest BCUT2D eigenvalue weighted by molar-refractivity contribution is 7.18. The van der Waals surface area contributed by atoms with Crippen LogP contribution < -0.4 is 10.9 Å². The molecule has 5 heterocycles. The van der Waals surface area contributed by atoms with Crippen LogP contribution in [0, 0.1) is 5.92 Å². The maximum Gasteiger partial charge on any atom is 0.256 e. The fourth-order valence-corrected chi connectivity index (χ4v) is 4.39. The number of halogens is 1. The van der Waals surface area contributed by atoms with Crippen molar-refractivity contribution in [2.75, 3.05) is 19.6 Å². The van der Waals surface area contributed by atoms with Crippen molar-refractivity contribution in [3.63, 3.8) is 0 Å². The number of piperidine rings is 3. The Kier molecular flexibility index (Phi) is 4.15. The van der Waals surface area contributed by atoms with Crippen LogP contribution >= 0.6 is 22.9 Å². The van der Waals surface area contributed by atoms with E-state index in [2.05, 4.69) is 15.2 Å². The predicted octanol–water partition coefficient (Wildman–Crippen LogP) is 1.77. The molecule has 3 fully saturated rings. The highest BCUT2D eigenvalue weighted by Crippen LogP contribution is 2.27. The fourth-order valence-electron chi connectivity index (χ4n) is 3.51. The number of nitrogens with one attached hydrogen (secondary N) is 1. The molecule has 0 aliphatic carbocycles. The van der Waals surface area contributed by atoms with E-state index in [1.54, 1.807) is 6.07 Å². The maximum atomic E-state index is 12.6. The summed E-state index contributed by atoms with van der Waals surface area (Å²) in [5.74, 6) is 0.410. The fraction of sp³-hybridized carbons (Fsp3) is 0.438. The number of rotatable bonds is 3. The van der Waals surface area contributed by atoms with Crippen LogP contribution in [0.5, 0.6) is 0 Å². The SMILES string of the molecule is O=C(N[C@@H]1CN2CCC1CC2)c1ccc(=O)n(-c2ncc(Cl)s2)c1. The lowest BCUT2D eigenvalue weighted by Gasteiger charge is -2.44. The van der Waals surface area contributed by atoms with Gasteiger partial charge in [-0.05, 0) is 37.9 Å². The second kappa shape index (κ2) is 6.31. The molecule has 2 aromatic rings. The normalized spacial score (nSPS) is 25.6. The number of thiazole rings is 1. The Balaban J connectivity index is 1.55. The summed E-state index contributed by atoms with van der Waals surface area (Å²) in [6.45, 7) is 3.18. The van der Waals surface area contributed by atoms with E-state index >= 15 is 0 Å². The van der Waals surface area contributed by atoms with E-state index in [1.807, 2.05) is 0 Å². The zero-order chi connectivity index (χ0) is 16.7. The molecule has 0 aromatic carbocycles. The number of hydrogen-bond donors (Lipinski definition) is 1. The van der Waals surface area contributed by atoms with Gasteiger partial charge >= 0.3 is 0 Å². The Bertz CT molecular complexity index is 825. The van der Waals surface area contributed by atoms with Crippen LogP contribution in [-0.4, -0.2) is 46.0 Å². The highest BCUT2D eigenvalue weighted by atomic mass is 35.5. The number of carbonyl (C=O) groups is 1. The number of carbonyl (C=O) groups excluding carboxylic acids is 1. The first-order valence-corrected chi connectivity index (χ1v) is 9.17. The third-order valence-electron chi connectivity index (χ3n) is 4.82. The van der Waals surface area contributed by atoms with E-state index in [4.69, 9.17) is 11.6 Å². The van der Waals surface area contributed by atoms with Crippen LogP contribution in [0.2, 0.25) is 4.34 Å². The molecule has 3 aliphatic rings. The summed E-state index contributed by atoms with van der Waals surface area (Å²) in [7, 11) is 0. The summed E-state index contributed by atoms with van der Waals surface area (Å²) < 4.78 is 1.86. The van der Waals surface area contributed by atoms with E-state index in [0.717, 1.165) is 32.5 Å². The molecule has 0 spiro atoms. The highest BCUT2D eigenvalue weighted by Gasteiger charge is 2.35. The van der Waals surface area contributed by atoms with Crippen LogP contribution in [0.25, 0.3) is 5.13 Å². The maximum absolute atomic E-state index is 12.6. The lowest BCUT2D eigenvalue weighted by atomic mass is 9.84. The van der Waals surface area contributed by atoms with Gasteiger partial charge in [-0.1, -0.05) is 22.9 Å². The van der Waals surface area contributed by atoms with E-state index in [0.29, 0.717) is 20.9 Å². The van der Waals surface area contributed by atoms with Crippen molar-refractivity contribution in [3.8, 4) is 5.13 Å². The molecule has 1 amide bonds. The van der Waals surface area contributed by atoms with Gasteiger partial charge in [0, 0.05) is 24.8 Å². The summed E-state index contributed by atoms with van der Waals surface area (Å²) in [4.78, 5) is 31.1. The van der Waals surface area contributed by atoms with Crippen molar-refractivity contribution in [2.45, 2.75) is 18.9 Å². The molecular weight excluding hydrogens is 348 g/mol. The van der Waals surface area contributed by atoms with Gasteiger partial charge < -0.3 is 10.2 Å². The van der Waals surface area contributed by atoms with Crippen LogP contribution in [0.3, 0.4) is 0 Å². The standard InChI is InChI=1S/C16H17ClN4O2S/c17-13-7-18-16(24-13)21-8-11(1-2-14(21)22)15(23)19-12-9-20-5-3-10(12)4-6-20/h1-2,7-8,10,12H,3-6,9H2,(H,19,23)/t12-/m1/s1. The van der Waals surface area contributed by atoms with Gasteiger partial charge in [0.05, 0.1) is 11.8 Å². The Labute approximate surface area is 148 Å². The van der Waals surface area contributed by atoms with Gasteiger partial charge in [0.15, 0.2) is 5.13 Å². The number of hydrogen-bond acceptors (Lipinski definition) is 5. The predicted molar refractivity (Wildman–Crippen MR) is 93.1 cm³/mol.